The van der Waals surface area contributed by atoms with E-state index in [0.717, 1.165) is 31.5 Å². The second-order valence-electron chi connectivity index (χ2n) is 5.23. The predicted molar refractivity (Wildman–Crippen MR) is 56.0 cm³/mol. The molecule has 1 aliphatic heterocycles. The van der Waals surface area contributed by atoms with E-state index < -0.39 is 0 Å². The molecule has 82 valence electrons. The van der Waals surface area contributed by atoms with E-state index in [2.05, 4.69) is 20.8 Å². The zero-order chi connectivity index (χ0) is 10.2. The van der Waals surface area contributed by atoms with Gasteiger partial charge in [-0.2, -0.15) is 0 Å². The van der Waals surface area contributed by atoms with Crippen molar-refractivity contribution in [3.63, 3.8) is 0 Å². The first kappa shape index (κ1) is 10.4. The summed E-state index contributed by atoms with van der Waals surface area (Å²) in [5, 5.41) is 0. The molecule has 2 heteroatoms. The van der Waals surface area contributed by atoms with Gasteiger partial charge in [-0.3, -0.25) is 0 Å². The van der Waals surface area contributed by atoms with Crippen molar-refractivity contribution in [1.29, 1.82) is 0 Å². The summed E-state index contributed by atoms with van der Waals surface area (Å²) in [6.07, 6.45) is 3.88. The topological polar surface area (TPSA) is 18.5 Å². The highest BCUT2D eigenvalue weighted by molar-refractivity contribution is 5.04. The molecule has 1 heterocycles. The Morgan fingerprint density at radius 1 is 1.14 bits per heavy atom. The van der Waals surface area contributed by atoms with Gasteiger partial charge in [-0.1, -0.05) is 27.2 Å². The molecule has 0 aromatic heterocycles. The Balaban J connectivity index is 1.81. The van der Waals surface area contributed by atoms with Crippen LogP contribution in [0.25, 0.3) is 0 Å². The molecule has 0 aromatic rings. The Morgan fingerprint density at radius 3 is 2.36 bits per heavy atom. The smallest absolute Gasteiger partial charge is 0.158 e. The van der Waals surface area contributed by atoms with Crippen molar-refractivity contribution >= 4 is 0 Å². The Morgan fingerprint density at radius 2 is 1.79 bits per heavy atom. The molecule has 0 N–H and O–H groups in total. The lowest BCUT2D eigenvalue weighted by Gasteiger charge is -2.09. The van der Waals surface area contributed by atoms with Crippen molar-refractivity contribution in [3.05, 3.63) is 0 Å². The summed E-state index contributed by atoms with van der Waals surface area (Å²) < 4.78 is 11.0. The molecule has 1 aliphatic carbocycles. The predicted octanol–water partition coefficient (Wildman–Crippen LogP) is 2.82. The average Bonchev–Trinajstić information content (AvgIpc) is 2.59. The van der Waals surface area contributed by atoms with Gasteiger partial charge in [0, 0.05) is 6.42 Å². The van der Waals surface area contributed by atoms with Crippen molar-refractivity contribution in [2.45, 2.75) is 46.3 Å². The first-order valence-electron chi connectivity index (χ1n) is 5.89. The molecule has 2 fully saturated rings. The molecule has 0 amide bonds. The first-order valence-corrected chi connectivity index (χ1v) is 5.89. The highest BCUT2D eigenvalue weighted by atomic mass is 16.7. The minimum Gasteiger partial charge on any atom is -0.350 e. The monoisotopic (exact) mass is 198 g/mol. The summed E-state index contributed by atoms with van der Waals surface area (Å²) in [5.41, 5.74) is 0.533. The van der Waals surface area contributed by atoms with Crippen LogP contribution < -0.4 is 0 Å². The number of hydrogen-bond acceptors (Lipinski definition) is 2. The van der Waals surface area contributed by atoms with Crippen LogP contribution in [0.1, 0.15) is 40.0 Å². The minimum atomic E-state index is 0.0983. The highest BCUT2D eigenvalue weighted by Gasteiger charge is 2.57. The minimum absolute atomic E-state index is 0.0983. The van der Waals surface area contributed by atoms with Crippen LogP contribution in [0, 0.1) is 17.3 Å². The molecule has 1 saturated carbocycles. The summed E-state index contributed by atoms with van der Waals surface area (Å²) in [5.74, 6) is 1.73. The number of hydrogen-bond donors (Lipinski definition) is 0. The van der Waals surface area contributed by atoms with E-state index in [4.69, 9.17) is 9.47 Å². The lowest BCUT2D eigenvalue weighted by atomic mass is 10.1. The third-order valence-electron chi connectivity index (χ3n) is 4.02. The molecule has 2 rings (SSSR count). The fraction of sp³-hybridized carbons (Fsp3) is 1.00. The normalized spacial score (nSPS) is 36.2. The Bertz CT molecular complexity index is 194. The van der Waals surface area contributed by atoms with Crippen molar-refractivity contribution in [1.82, 2.24) is 0 Å². The van der Waals surface area contributed by atoms with Crippen molar-refractivity contribution < 1.29 is 9.47 Å². The van der Waals surface area contributed by atoms with Gasteiger partial charge in [0.15, 0.2) is 6.29 Å². The van der Waals surface area contributed by atoms with Crippen LogP contribution in [-0.2, 0) is 9.47 Å². The molecule has 0 spiro atoms. The first-order chi connectivity index (χ1) is 6.66. The van der Waals surface area contributed by atoms with Crippen LogP contribution >= 0.6 is 0 Å². The van der Waals surface area contributed by atoms with Crippen LogP contribution in [0.3, 0.4) is 0 Å². The fourth-order valence-electron chi connectivity index (χ4n) is 2.96. The summed E-state index contributed by atoms with van der Waals surface area (Å²) in [7, 11) is 0. The van der Waals surface area contributed by atoms with Gasteiger partial charge >= 0.3 is 0 Å². The van der Waals surface area contributed by atoms with Crippen LogP contribution in [0.15, 0.2) is 0 Å². The zero-order valence-corrected chi connectivity index (χ0v) is 9.58. The third kappa shape index (κ3) is 1.82. The van der Waals surface area contributed by atoms with Crippen molar-refractivity contribution in [3.8, 4) is 0 Å². The molecule has 14 heavy (non-hydrogen) atoms. The summed E-state index contributed by atoms with van der Waals surface area (Å²) in [4.78, 5) is 0. The standard InChI is InChI=1S/C12H22O2/c1-4-5-9-10(12(9,2)3)8-11-13-6-7-14-11/h9-11H,4-8H2,1-3H3. The van der Waals surface area contributed by atoms with Gasteiger partial charge in [-0.25, -0.2) is 0 Å². The molecule has 2 aliphatic rings. The Hall–Kier alpha value is -0.0800. The maximum absolute atomic E-state index is 5.50. The molecule has 0 aromatic carbocycles. The van der Waals surface area contributed by atoms with Gasteiger partial charge in [0.1, 0.15) is 0 Å². The SMILES string of the molecule is CCCC1C(CC2OCCO2)C1(C)C. The second-order valence-corrected chi connectivity index (χ2v) is 5.23. The Labute approximate surface area is 87.0 Å². The molecule has 2 atom stereocenters. The second kappa shape index (κ2) is 3.82. The van der Waals surface area contributed by atoms with E-state index in [1.807, 2.05) is 0 Å². The average molecular weight is 198 g/mol. The number of ether oxygens (including phenoxy) is 2. The van der Waals surface area contributed by atoms with Gasteiger partial charge in [-0.15, -0.1) is 0 Å². The molecule has 2 unspecified atom stereocenters. The molecule has 0 radical (unpaired) electrons. The van der Waals surface area contributed by atoms with Gasteiger partial charge in [0.25, 0.3) is 0 Å². The summed E-state index contributed by atoms with van der Waals surface area (Å²) in [6.45, 7) is 8.61. The van der Waals surface area contributed by atoms with Crippen LogP contribution in [0.5, 0.6) is 0 Å². The lowest BCUT2D eigenvalue weighted by molar-refractivity contribution is -0.0527. The highest BCUT2D eigenvalue weighted by Crippen LogP contribution is 2.62. The van der Waals surface area contributed by atoms with Gasteiger partial charge in [0.2, 0.25) is 0 Å². The van der Waals surface area contributed by atoms with Crippen molar-refractivity contribution in [2.75, 3.05) is 13.2 Å². The van der Waals surface area contributed by atoms with E-state index in [9.17, 15) is 0 Å². The lowest BCUT2D eigenvalue weighted by Crippen LogP contribution is -2.10. The van der Waals surface area contributed by atoms with E-state index in [-0.39, 0.29) is 6.29 Å². The van der Waals surface area contributed by atoms with E-state index in [0.29, 0.717) is 5.41 Å². The summed E-state index contributed by atoms with van der Waals surface area (Å²) >= 11 is 0. The largest absolute Gasteiger partial charge is 0.350 e. The molecule has 2 nitrogen and oxygen atoms in total. The van der Waals surface area contributed by atoms with Gasteiger partial charge < -0.3 is 9.47 Å². The van der Waals surface area contributed by atoms with E-state index in [1.165, 1.54) is 12.8 Å². The van der Waals surface area contributed by atoms with E-state index in [1.54, 1.807) is 0 Å². The quantitative estimate of drug-likeness (QED) is 0.691. The van der Waals surface area contributed by atoms with E-state index >= 15 is 0 Å². The van der Waals surface area contributed by atoms with Crippen LogP contribution in [0.4, 0.5) is 0 Å². The van der Waals surface area contributed by atoms with Crippen LogP contribution in [0.2, 0.25) is 0 Å². The van der Waals surface area contributed by atoms with Crippen LogP contribution in [-0.4, -0.2) is 19.5 Å². The maximum Gasteiger partial charge on any atom is 0.158 e. The van der Waals surface area contributed by atoms with Crippen molar-refractivity contribution in [2.24, 2.45) is 17.3 Å². The number of rotatable bonds is 4. The third-order valence-corrected chi connectivity index (χ3v) is 4.02. The molecular formula is C12H22O2. The molecule has 1 saturated heterocycles. The maximum atomic E-state index is 5.50. The molecule has 0 bridgehead atoms. The van der Waals surface area contributed by atoms with Gasteiger partial charge in [0.05, 0.1) is 13.2 Å². The summed E-state index contributed by atoms with van der Waals surface area (Å²) in [6, 6.07) is 0. The Kier molecular flexibility index (Phi) is 2.85. The fourth-order valence-corrected chi connectivity index (χ4v) is 2.96. The molecular weight excluding hydrogens is 176 g/mol. The zero-order valence-electron chi connectivity index (χ0n) is 9.58. The van der Waals surface area contributed by atoms with Gasteiger partial charge in [-0.05, 0) is 23.7 Å².